The van der Waals surface area contributed by atoms with Gasteiger partial charge in [-0.3, -0.25) is 9.35 Å². The van der Waals surface area contributed by atoms with E-state index in [9.17, 15) is 17.6 Å². The summed E-state index contributed by atoms with van der Waals surface area (Å²) in [7, 11) is -4.67. The first-order chi connectivity index (χ1) is 6.86. The number of phenolic OH excluding ortho intramolecular Hbond substituents is 1. The van der Waals surface area contributed by atoms with E-state index >= 15 is 0 Å². The summed E-state index contributed by atoms with van der Waals surface area (Å²) >= 11 is 0. The Bertz CT molecular complexity index is 482. The summed E-state index contributed by atoms with van der Waals surface area (Å²) in [6.45, 7) is 0. The fraction of sp³-hybridized carbons (Fsp3) is 0.125. The van der Waals surface area contributed by atoms with Crippen LogP contribution in [0.3, 0.4) is 0 Å². The third-order valence-electron chi connectivity index (χ3n) is 1.68. The highest BCUT2D eigenvalue weighted by Gasteiger charge is 2.26. The molecule has 1 rings (SSSR count). The molecule has 1 unspecified atom stereocenters. The zero-order valence-electron chi connectivity index (χ0n) is 7.21. The molecule has 15 heavy (non-hydrogen) atoms. The molecule has 0 saturated carbocycles. The second-order valence-corrected chi connectivity index (χ2v) is 4.23. The first-order valence-corrected chi connectivity index (χ1v) is 5.19. The highest BCUT2D eigenvalue weighted by atomic mass is 32.2. The molecule has 5 nitrogen and oxygen atoms in total. The van der Waals surface area contributed by atoms with Crippen molar-refractivity contribution < 1.29 is 27.3 Å². The van der Waals surface area contributed by atoms with E-state index in [4.69, 9.17) is 9.66 Å². The SMILES string of the molecule is O=[C]C(c1ccc(O)c(F)c1)S(=O)(=O)O. The van der Waals surface area contributed by atoms with Crippen molar-refractivity contribution in [3.63, 3.8) is 0 Å². The summed E-state index contributed by atoms with van der Waals surface area (Å²) in [6, 6.07) is 2.51. The number of benzene rings is 1. The Morgan fingerprint density at radius 2 is 2.00 bits per heavy atom. The number of rotatable bonds is 3. The molecule has 1 aromatic rings. The van der Waals surface area contributed by atoms with Gasteiger partial charge in [0.1, 0.15) is 0 Å². The van der Waals surface area contributed by atoms with Crippen molar-refractivity contribution in [3.05, 3.63) is 29.6 Å². The van der Waals surface area contributed by atoms with Gasteiger partial charge in [-0.05, 0) is 17.7 Å². The van der Waals surface area contributed by atoms with Crippen LogP contribution in [0.15, 0.2) is 18.2 Å². The highest BCUT2D eigenvalue weighted by Crippen LogP contribution is 2.24. The summed E-state index contributed by atoms with van der Waals surface area (Å²) in [5.74, 6) is -1.77. The number of hydrogen-bond donors (Lipinski definition) is 2. The molecule has 0 aliphatic heterocycles. The summed E-state index contributed by atoms with van der Waals surface area (Å²) in [5, 5.41) is 6.85. The molecule has 0 aliphatic carbocycles. The molecular weight excluding hydrogens is 227 g/mol. The van der Waals surface area contributed by atoms with Crippen LogP contribution in [0, 0.1) is 5.82 Å². The van der Waals surface area contributed by atoms with E-state index in [1.807, 2.05) is 0 Å². The minimum Gasteiger partial charge on any atom is -0.505 e. The first-order valence-electron chi connectivity index (χ1n) is 3.68. The van der Waals surface area contributed by atoms with Gasteiger partial charge in [-0.2, -0.15) is 8.42 Å². The van der Waals surface area contributed by atoms with E-state index < -0.39 is 26.9 Å². The van der Waals surface area contributed by atoms with Crippen LogP contribution in [0.4, 0.5) is 4.39 Å². The predicted octanol–water partition coefficient (Wildman–Crippen LogP) is 0.570. The van der Waals surface area contributed by atoms with Crippen molar-refractivity contribution in [2.24, 2.45) is 0 Å². The third kappa shape index (κ3) is 2.51. The van der Waals surface area contributed by atoms with Gasteiger partial charge in [-0.15, -0.1) is 0 Å². The van der Waals surface area contributed by atoms with Gasteiger partial charge in [0.2, 0.25) is 6.29 Å². The summed E-state index contributed by atoms with van der Waals surface area (Å²) in [5.41, 5.74) is -0.303. The fourth-order valence-corrected chi connectivity index (χ4v) is 1.60. The summed E-state index contributed by atoms with van der Waals surface area (Å²) in [6.07, 6.45) is 1.07. The van der Waals surface area contributed by atoms with Crippen LogP contribution in [-0.4, -0.2) is 24.4 Å². The molecular formula is C8H6FO5S. The molecule has 0 aliphatic rings. The summed E-state index contributed by atoms with van der Waals surface area (Å²) in [4.78, 5) is 10.3. The van der Waals surface area contributed by atoms with Crippen molar-refractivity contribution in [2.45, 2.75) is 5.25 Å². The molecule has 0 spiro atoms. The quantitative estimate of drug-likeness (QED) is 0.744. The molecule has 1 atom stereocenters. The lowest BCUT2D eigenvalue weighted by atomic mass is 10.1. The van der Waals surface area contributed by atoms with E-state index in [0.29, 0.717) is 6.07 Å². The van der Waals surface area contributed by atoms with Gasteiger partial charge in [-0.1, -0.05) is 6.07 Å². The molecule has 0 heterocycles. The highest BCUT2D eigenvalue weighted by molar-refractivity contribution is 7.86. The Morgan fingerprint density at radius 1 is 1.40 bits per heavy atom. The Hall–Kier alpha value is -1.47. The van der Waals surface area contributed by atoms with E-state index in [2.05, 4.69) is 0 Å². The van der Waals surface area contributed by atoms with Gasteiger partial charge in [-0.25, -0.2) is 4.39 Å². The Kier molecular flexibility index (Phi) is 3.06. The van der Waals surface area contributed by atoms with E-state index in [-0.39, 0.29) is 5.56 Å². The zero-order valence-corrected chi connectivity index (χ0v) is 8.03. The van der Waals surface area contributed by atoms with Crippen molar-refractivity contribution in [3.8, 4) is 5.75 Å². The lowest BCUT2D eigenvalue weighted by molar-refractivity contribution is 0.431. The van der Waals surface area contributed by atoms with E-state index in [0.717, 1.165) is 18.4 Å². The van der Waals surface area contributed by atoms with Crippen molar-refractivity contribution in [1.29, 1.82) is 0 Å². The van der Waals surface area contributed by atoms with Crippen LogP contribution >= 0.6 is 0 Å². The molecule has 0 fully saturated rings. The van der Waals surface area contributed by atoms with E-state index in [1.54, 1.807) is 0 Å². The molecule has 0 bridgehead atoms. The Morgan fingerprint density at radius 3 is 2.40 bits per heavy atom. The normalized spacial score (nSPS) is 13.5. The van der Waals surface area contributed by atoms with Gasteiger partial charge in [0.05, 0.1) is 0 Å². The second-order valence-electron chi connectivity index (χ2n) is 2.72. The average Bonchev–Trinajstić information content (AvgIpc) is 2.10. The third-order valence-corrected chi connectivity index (χ3v) is 2.64. The largest absolute Gasteiger partial charge is 0.505 e. The zero-order chi connectivity index (χ0) is 11.6. The molecule has 0 amide bonds. The van der Waals surface area contributed by atoms with E-state index in [1.165, 1.54) is 0 Å². The van der Waals surface area contributed by atoms with Gasteiger partial charge in [0.25, 0.3) is 10.1 Å². The van der Waals surface area contributed by atoms with Crippen LogP contribution in [-0.2, 0) is 14.9 Å². The Labute approximate surface area is 84.9 Å². The van der Waals surface area contributed by atoms with Gasteiger partial charge >= 0.3 is 0 Å². The number of halogens is 1. The topological polar surface area (TPSA) is 91.7 Å². The van der Waals surface area contributed by atoms with Gasteiger partial charge < -0.3 is 5.11 Å². The number of carbonyl (C=O) groups excluding carboxylic acids is 1. The van der Waals surface area contributed by atoms with Crippen LogP contribution in [0.2, 0.25) is 0 Å². The minimum absolute atomic E-state index is 0.303. The smallest absolute Gasteiger partial charge is 0.279 e. The van der Waals surface area contributed by atoms with Gasteiger partial charge in [0, 0.05) is 0 Å². The monoisotopic (exact) mass is 233 g/mol. The molecule has 0 aromatic heterocycles. The second kappa shape index (κ2) is 3.95. The first kappa shape index (κ1) is 11.6. The van der Waals surface area contributed by atoms with Crippen molar-refractivity contribution >= 4 is 16.4 Å². The number of aromatic hydroxyl groups is 1. The van der Waals surface area contributed by atoms with Crippen molar-refractivity contribution in [1.82, 2.24) is 0 Å². The molecule has 1 aromatic carbocycles. The molecule has 7 heteroatoms. The molecule has 2 N–H and O–H groups in total. The van der Waals surface area contributed by atoms with Crippen molar-refractivity contribution in [2.75, 3.05) is 0 Å². The van der Waals surface area contributed by atoms with Gasteiger partial charge in [0.15, 0.2) is 16.8 Å². The molecule has 81 valence electrons. The summed E-state index contributed by atoms with van der Waals surface area (Å²) < 4.78 is 42.8. The lowest BCUT2D eigenvalue weighted by Crippen LogP contribution is -2.13. The average molecular weight is 233 g/mol. The van der Waals surface area contributed by atoms with Crippen LogP contribution in [0.5, 0.6) is 5.75 Å². The maximum Gasteiger partial charge on any atom is 0.279 e. The minimum atomic E-state index is -4.67. The Balaban J connectivity index is 3.26. The molecule has 0 saturated heterocycles. The fourth-order valence-electron chi connectivity index (χ4n) is 0.987. The lowest BCUT2D eigenvalue weighted by Gasteiger charge is -2.06. The molecule has 1 radical (unpaired) electrons. The van der Waals surface area contributed by atoms with Crippen LogP contribution in [0.25, 0.3) is 0 Å². The van der Waals surface area contributed by atoms with Crippen LogP contribution in [0.1, 0.15) is 10.8 Å². The standard InChI is InChI=1S/C8H6FO5S/c9-6-3-5(1-2-7(6)11)8(4-10)15(12,13)14/h1-3,8,11H,(H,12,13,14). The number of phenols is 1. The number of hydrogen-bond acceptors (Lipinski definition) is 4. The predicted molar refractivity (Wildman–Crippen MR) is 48.0 cm³/mol. The maximum atomic E-state index is 12.8. The van der Waals surface area contributed by atoms with Crippen LogP contribution < -0.4 is 0 Å². The maximum absolute atomic E-state index is 12.8.